The fourth-order valence-electron chi connectivity index (χ4n) is 5.02. The van der Waals surface area contributed by atoms with Crippen molar-refractivity contribution >= 4 is 28.7 Å². The summed E-state index contributed by atoms with van der Waals surface area (Å²) in [5.74, 6) is 1.42. The fourth-order valence-corrected chi connectivity index (χ4v) is 5.02. The number of amides is 1. The number of aromatic nitrogens is 3. The average molecular weight is 531 g/mol. The maximum Gasteiger partial charge on any atom is 0.243 e. The van der Waals surface area contributed by atoms with E-state index in [1.807, 2.05) is 12.3 Å². The van der Waals surface area contributed by atoms with Crippen molar-refractivity contribution in [2.75, 3.05) is 23.8 Å². The van der Waals surface area contributed by atoms with Crippen molar-refractivity contribution in [2.45, 2.75) is 122 Å². The molecule has 4 N–H and O–H groups in total. The van der Waals surface area contributed by atoms with E-state index in [9.17, 15) is 4.79 Å². The number of carbonyl (C=O) groups excluding carboxylic acids is 1. The van der Waals surface area contributed by atoms with Gasteiger partial charge in [-0.2, -0.15) is 9.97 Å². The van der Waals surface area contributed by atoms with Gasteiger partial charge in [0.05, 0.1) is 17.5 Å². The molecule has 1 saturated heterocycles. The van der Waals surface area contributed by atoms with E-state index in [4.69, 9.17) is 19.3 Å². The number of anilines is 2. The van der Waals surface area contributed by atoms with Gasteiger partial charge >= 0.3 is 0 Å². The zero-order valence-corrected chi connectivity index (χ0v) is 23.1. The highest BCUT2D eigenvalue weighted by molar-refractivity contribution is 5.88. The Morgan fingerprint density at radius 2 is 1.89 bits per heavy atom. The van der Waals surface area contributed by atoms with Crippen LogP contribution < -0.4 is 16.1 Å². The second-order valence-electron chi connectivity index (χ2n) is 10.7. The van der Waals surface area contributed by atoms with Gasteiger partial charge in [0, 0.05) is 38.3 Å². The van der Waals surface area contributed by atoms with Crippen molar-refractivity contribution in [1.29, 1.82) is 0 Å². The number of H-pyrrole nitrogens is 1. The minimum Gasteiger partial charge on any atom is -0.376 e. The zero-order chi connectivity index (χ0) is 26.6. The lowest BCUT2D eigenvalue weighted by atomic mass is 9.95. The minimum atomic E-state index is -0.299. The number of hydrogen-bond donors (Lipinski definition) is 4. The summed E-state index contributed by atoms with van der Waals surface area (Å²) >= 11 is 0. The largest absolute Gasteiger partial charge is 0.376 e. The SMILES string of the molecule is CC(OCCCCCCC(=O)NOC1CCCCO1)[C@H](C)Nc1nc(NC2CCCCC2)c2cc[nH]c2n1. The summed E-state index contributed by atoms with van der Waals surface area (Å²) in [7, 11) is 0. The summed E-state index contributed by atoms with van der Waals surface area (Å²) < 4.78 is 11.5. The number of nitrogens with zero attached hydrogens (tertiary/aromatic N) is 2. The maximum absolute atomic E-state index is 11.9. The van der Waals surface area contributed by atoms with Crippen LogP contribution in [0.3, 0.4) is 0 Å². The van der Waals surface area contributed by atoms with Crippen LogP contribution in [0.1, 0.15) is 97.3 Å². The molecule has 2 unspecified atom stereocenters. The fraction of sp³-hybridized carbons (Fsp3) is 0.750. The van der Waals surface area contributed by atoms with Crippen molar-refractivity contribution in [3.05, 3.63) is 12.3 Å². The van der Waals surface area contributed by atoms with Crippen molar-refractivity contribution < 1.29 is 19.1 Å². The van der Waals surface area contributed by atoms with Crippen LogP contribution in [0.2, 0.25) is 0 Å². The standard InChI is InChI=1S/C28H46N6O4/c1-20(21(2)36-18-10-4-3-8-14-24(35)34-38-25-15-9-11-19-37-25)30-28-32-26-23(16-17-29-26)27(33-28)31-22-12-6-5-7-13-22/h16-17,20-22,25H,3-15,18-19H2,1-2H3,(H,34,35)(H3,29,30,31,32,33)/t20-,21?,25?/m0/s1. The molecule has 10 nitrogen and oxygen atoms in total. The average Bonchev–Trinajstić information content (AvgIpc) is 3.41. The number of fused-ring (bicyclic) bond motifs is 1. The Morgan fingerprint density at radius 1 is 1.08 bits per heavy atom. The molecule has 1 aliphatic carbocycles. The van der Waals surface area contributed by atoms with E-state index in [0.717, 1.165) is 61.8 Å². The lowest BCUT2D eigenvalue weighted by Gasteiger charge is -2.25. The predicted molar refractivity (Wildman–Crippen MR) is 149 cm³/mol. The van der Waals surface area contributed by atoms with Crippen molar-refractivity contribution in [1.82, 2.24) is 20.4 Å². The summed E-state index contributed by atoms with van der Waals surface area (Å²) in [6.45, 7) is 5.56. The van der Waals surface area contributed by atoms with E-state index in [0.29, 0.717) is 31.6 Å². The van der Waals surface area contributed by atoms with Gasteiger partial charge in [-0.25, -0.2) is 10.3 Å². The van der Waals surface area contributed by atoms with Gasteiger partial charge < -0.3 is 25.1 Å². The van der Waals surface area contributed by atoms with Crippen LogP contribution in [-0.2, 0) is 19.1 Å². The Kier molecular flexibility index (Phi) is 11.5. The molecule has 0 spiro atoms. The smallest absolute Gasteiger partial charge is 0.243 e. The van der Waals surface area contributed by atoms with Crippen molar-refractivity contribution in [2.24, 2.45) is 0 Å². The number of hydroxylamine groups is 1. The first kappa shape index (κ1) is 28.6. The lowest BCUT2D eigenvalue weighted by Crippen LogP contribution is -2.32. The first-order valence-corrected chi connectivity index (χ1v) is 14.6. The molecule has 2 fully saturated rings. The number of aromatic amines is 1. The predicted octanol–water partition coefficient (Wildman–Crippen LogP) is 5.43. The molecule has 2 aromatic rings. The normalized spacial score (nSPS) is 20.2. The van der Waals surface area contributed by atoms with Gasteiger partial charge in [0.15, 0.2) is 6.29 Å². The summed E-state index contributed by atoms with van der Waals surface area (Å²) in [4.78, 5) is 30.0. The molecule has 0 bridgehead atoms. The van der Waals surface area contributed by atoms with Crippen LogP contribution in [0, 0.1) is 0 Å². The Balaban J connectivity index is 1.11. The van der Waals surface area contributed by atoms with E-state index in [1.54, 1.807) is 0 Å². The zero-order valence-electron chi connectivity index (χ0n) is 23.1. The lowest BCUT2D eigenvalue weighted by molar-refractivity contribution is -0.200. The molecule has 3 atom stereocenters. The third kappa shape index (κ3) is 9.10. The molecule has 38 heavy (non-hydrogen) atoms. The highest BCUT2D eigenvalue weighted by atomic mass is 16.8. The number of hydrogen-bond acceptors (Lipinski definition) is 8. The molecule has 3 heterocycles. The number of ether oxygens (including phenoxy) is 2. The second-order valence-corrected chi connectivity index (χ2v) is 10.7. The molecule has 1 amide bonds. The van der Waals surface area contributed by atoms with Gasteiger partial charge in [0.25, 0.3) is 0 Å². The van der Waals surface area contributed by atoms with Gasteiger partial charge in [-0.05, 0) is 58.4 Å². The number of rotatable bonds is 15. The molecule has 10 heteroatoms. The quantitative estimate of drug-likeness (QED) is 0.178. The van der Waals surface area contributed by atoms with E-state index in [1.165, 1.54) is 32.1 Å². The Morgan fingerprint density at radius 3 is 2.71 bits per heavy atom. The molecule has 2 aromatic heterocycles. The first-order chi connectivity index (χ1) is 18.6. The van der Waals surface area contributed by atoms with Gasteiger partial charge in [0.2, 0.25) is 11.9 Å². The molecule has 1 saturated carbocycles. The Labute approximate surface area is 226 Å². The van der Waals surface area contributed by atoms with Crippen LogP contribution in [0.5, 0.6) is 0 Å². The highest BCUT2D eigenvalue weighted by Gasteiger charge is 2.19. The van der Waals surface area contributed by atoms with Crippen LogP contribution in [0.4, 0.5) is 11.8 Å². The van der Waals surface area contributed by atoms with E-state index in [-0.39, 0.29) is 24.3 Å². The van der Waals surface area contributed by atoms with Crippen molar-refractivity contribution in [3.8, 4) is 0 Å². The third-order valence-corrected chi connectivity index (χ3v) is 7.54. The summed E-state index contributed by atoms with van der Waals surface area (Å²) in [5, 5.41) is 8.13. The minimum absolute atomic E-state index is 0.0117. The molecule has 212 valence electrons. The van der Waals surface area contributed by atoms with E-state index >= 15 is 0 Å². The Hall–Kier alpha value is -2.43. The highest BCUT2D eigenvalue weighted by Crippen LogP contribution is 2.26. The van der Waals surface area contributed by atoms with Crippen molar-refractivity contribution in [3.63, 3.8) is 0 Å². The molecule has 0 aromatic carbocycles. The molecule has 2 aliphatic rings. The first-order valence-electron chi connectivity index (χ1n) is 14.6. The van der Waals surface area contributed by atoms with Crippen LogP contribution in [0.15, 0.2) is 12.3 Å². The number of unbranched alkanes of at least 4 members (excludes halogenated alkanes) is 3. The third-order valence-electron chi connectivity index (χ3n) is 7.54. The number of nitrogens with one attached hydrogen (secondary N) is 4. The van der Waals surface area contributed by atoms with Crippen LogP contribution in [-0.4, -0.2) is 58.6 Å². The summed E-state index contributed by atoms with van der Waals surface area (Å²) in [5.41, 5.74) is 3.36. The summed E-state index contributed by atoms with van der Waals surface area (Å²) in [6, 6.07) is 2.57. The maximum atomic E-state index is 11.9. The second kappa shape index (κ2) is 15.2. The van der Waals surface area contributed by atoms with Crippen LogP contribution >= 0.6 is 0 Å². The molecule has 0 radical (unpaired) electrons. The van der Waals surface area contributed by atoms with E-state index in [2.05, 4.69) is 39.9 Å². The van der Waals surface area contributed by atoms with E-state index < -0.39 is 0 Å². The molecule has 4 rings (SSSR count). The van der Waals surface area contributed by atoms with Gasteiger partial charge in [-0.15, -0.1) is 0 Å². The van der Waals surface area contributed by atoms with Crippen LogP contribution in [0.25, 0.3) is 11.0 Å². The summed E-state index contributed by atoms with van der Waals surface area (Å²) in [6.07, 6.45) is 15.1. The van der Waals surface area contributed by atoms with Gasteiger partial charge in [0.1, 0.15) is 11.5 Å². The van der Waals surface area contributed by atoms with Gasteiger partial charge in [-0.3, -0.25) is 4.79 Å². The molecular weight excluding hydrogens is 484 g/mol. The number of carbonyl (C=O) groups is 1. The molecule has 1 aliphatic heterocycles. The monoisotopic (exact) mass is 530 g/mol. The Bertz CT molecular complexity index is 973. The topological polar surface area (TPSA) is 122 Å². The molecular formula is C28H46N6O4. The van der Waals surface area contributed by atoms with Gasteiger partial charge in [-0.1, -0.05) is 32.1 Å².